The van der Waals surface area contributed by atoms with Gasteiger partial charge in [-0.05, 0) is 39.3 Å². The van der Waals surface area contributed by atoms with Crippen LogP contribution in [0, 0.1) is 0 Å². The molecule has 0 aliphatic carbocycles. The number of carbonyl (C=O) groups is 2. The van der Waals surface area contributed by atoms with E-state index in [1.54, 1.807) is 0 Å². The minimum Gasteiger partial charge on any atom is -0.482 e. The lowest BCUT2D eigenvalue weighted by atomic mass is 10.0. The third-order valence-corrected chi connectivity index (χ3v) is 6.42. The monoisotopic (exact) mass is 368 g/mol. The third-order valence-electron chi connectivity index (χ3n) is 4.28. The van der Waals surface area contributed by atoms with Gasteiger partial charge in [-0.2, -0.15) is 0 Å². The van der Waals surface area contributed by atoms with Gasteiger partial charge in [0.2, 0.25) is 5.91 Å². The molecule has 0 spiro atoms. The summed E-state index contributed by atoms with van der Waals surface area (Å²) in [7, 11) is -3.70. The molecule has 7 nitrogen and oxygen atoms in total. The molecule has 1 aromatic carbocycles. The molecule has 2 N–H and O–H groups in total. The van der Waals surface area contributed by atoms with Crippen molar-refractivity contribution in [2.24, 2.45) is 0 Å². The normalized spacial score (nSPS) is 15.6. The molecule has 0 bridgehead atoms. The number of benzene rings is 1. The fourth-order valence-corrected chi connectivity index (χ4v) is 3.72. The molecule has 0 fully saturated rings. The zero-order chi connectivity index (χ0) is 18.8. The summed E-state index contributed by atoms with van der Waals surface area (Å²) in [5, 5.41) is 4.57. The Kier molecular flexibility index (Phi) is 5.41. The molecule has 2 rings (SSSR count). The molecule has 25 heavy (non-hydrogen) atoms. The number of carbonyl (C=O) groups excluding carboxylic acids is 2. The molecule has 1 aromatic rings. The average Bonchev–Trinajstić information content (AvgIpc) is 2.53. The number of amides is 2. The quantitative estimate of drug-likeness (QED) is 0.798. The first-order chi connectivity index (χ1) is 11.5. The topological polar surface area (TPSA) is 102 Å². The highest BCUT2D eigenvalue weighted by molar-refractivity contribution is 7.92. The predicted octanol–water partition coefficient (Wildman–Crippen LogP) is 1.87. The second-order valence-electron chi connectivity index (χ2n) is 6.84. The number of sulfone groups is 1. The Morgan fingerprint density at radius 1 is 1.40 bits per heavy atom. The maximum Gasteiger partial charge on any atom is 0.262 e. The highest BCUT2D eigenvalue weighted by Gasteiger charge is 2.29. The van der Waals surface area contributed by atoms with Crippen LogP contribution in [-0.4, -0.2) is 37.6 Å². The van der Waals surface area contributed by atoms with E-state index in [4.69, 9.17) is 4.74 Å². The van der Waals surface area contributed by atoms with E-state index in [2.05, 4.69) is 10.6 Å². The van der Waals surface area contributed by atoms with E-state index in [9.17, 15) is 18.0 Å². The number of hydrogen-bond donors (Lipinski definition) is 2. The third kappa shape index (κ3) is 4.50. The van der Waals surface area contributed by atoms with Crippen molar-refractivity contribution in [3.8, 4) is 5.75 Å². The van der Waals surface area contributed by atoms with E-state index in [0.29, 0.717) is 11.4 Å². The van der Waals surface area contributed by atoms with Crippen molar-refractivity contribution >= 4 is 27.3 Å². The van der Waals surface area contributed by atoms with Crippen LogP contribution in [0.3, 0.4) is 0 Å². The van der Waals surface area contributed by atoms with Gasteiger partial charge >= 0.3 is 0 Å². The molecular weight excluding hydrogens is 344 g/mol. The van der Waals surface area contributed by atoms with Crippen molar-refractivity contribution in [1.82, 2.24) is 5.32 Å². The van der Waals surface area contributed by atoms with E-state index in [0.717, 1.165) is 6.42 Å². The lowest BCUT2D eigenvalue weighted by Crippen LogP contribution is -2.44. The molecule has 1 heterocycles. The molecule has 2 amide bonds. The second kappa shape index (κ2) is 7.03. The Labute approximate surface area is 148 Å². The van der Waals surface area contributed by atoms with Crippen LogP contribution in [0.4, 0.5) is 5.69 Å². The van der Waals surface area contributed by atoms with Crippen LogP contribution in [-0.2, 0) is 19.4 Å². The Bertz CT molecular complexity index is 786. The van der Waals surface area contributed by atoms with Crippen molar-refractivity contribution in [3.05, 3.63) is 18.2 Å². The van der Waals surface area contributed by atoms with Crippen LogP contribution in [0.1, 0.15) is 40.5 Å². The summed E-state index contributed by atoms with van der Waals surface area (Å²) in [6.07, 6.45) is 0.619. The number of fused-ring (bicyclic) bond motifs is 1. The smallest absolute Gasteiger partial charge is 0.262 e. The van der Waals surface area contributed by atoms with Gasteiger partial charge in [-0.3, -0.25) is 9.59 Å². The van der Waals surface area contributed by atoms with Crippen LogP contribution < -0.4 is 15.4 Å². The van der Waals surface area contributed by atoms with E-state index in [1.807, 2.05) is 20.8 Å². The number of nitrogens with one attached hydrogen (secondary N) is 2. The van der Waals surface area contributed by atoms with Crippen molar-refractivity contribution in [2.75, 3.05) is 11.9 Å². The predicted molar refractivity (Wildman–Crippen MR) is 94.3 cm³/mol. The van der Waals surface area contributed by atoms with Gasteiger partial charge in [-0.1, -0.05) is 6.92 Å². The molecule has 0 radical (unpaired) electrons. The molecule has 0 saturated carbocycles. The fraction of sp³-hybridized carbons (Fsp3) is 0.529. The Morgan fingerprint density at radius 3 is 2.72 bits per heavy atom. The number of hydrogen-bond acceptors (Lipinski definition) is 5. The van der Waals surface area contributed by atoms with E-state index in [-0.39, 0.29) is 35.3 Å². The Hall–Kier alpha value is -2.09. The number of ether oxygens (including phenoxy) is 1. The van der Waals surface area contributed by atoms with Gasteiger partial charge in [0.05, 0.1) is 15.8 Å². The maximum atomic E-state index is 12.7. The minimum atomic E-state index is -3.70. The summed E-state index contributed by atoms with van der Waals surface area (Å²) in [4.78, 5) is 23.5. The van der Waals surface area contributed by atoms with Crippen molar-refractivity contribution in [2.45, 2.75) is 56.2 Å². The summed E-state index contributed by atoms with van der Waals surface area (Å²) in [6, 6.07) is 4.29. The minimum absolute atomic E-state index is 0.0671. The molecule has 1 aliphatic heterocycles. The summed E-state index contributed by atoms with van der Waals surface area (Å²) >= 11 is 0. The maximum absolute atomic E-state index is 12.7. The molecule has 0 saturated heterocycles. The summed E-state index contributed by atoms with van der Waals surface area (Å²) < 4.78 is 30.7. The Morgan fingerprint density at radius 2 is 2.08 bits per heavy atom. The largest absolute Gasteiger partial charge is 0.482 e. The molecule has 0 aromatic heterocycles. The SMILES string of the molecule is CCC(C)(C)NC(=O)CC(C)S(=O)(=O)c1ccc2c(c1)OCC(=O)N2. The van der Waals surface area contributed by atoms with Gasteiger partial charge in [0.15, 0.2) is 16.4 Å². The van der Waals surface area contributed by atoms with Gasteiger partial charge in [0.25, 0.3) is 5.91 Å². The number of anilines is 1. The standard InChI is InChI=1S/C17H24N2O5S/c1-5-17(3,4)19-15(20)8-11(2)25(22,23)12-6-7-13-14(9-12)24-10-16(21)18-13/h6-7,9,11H,5,8,10H2,1-4H3,(H,18,21)(H,19,20). The molecule has 1 unspecified atom stereocenters. The fourth-order valence-electron chi connectivity index (χ4n) is 2.35. The lowest BCUT2D eigenvalue weighted by molar-refractivity contribution is -0.122. The first-order valence-electron chi connectivity index (χ1n) is 8.17. The van der Waals surface area contributed by atoms with Gasteiger partial charge in [-0.15, -0.1) is 0 Å². The second-order valence-corrected chi connectivity index (χ2v) is 9.21. The van der Waals surface area contributed by atoms with Crippen molar-refractivity contribution in [3.63, 3.8) is 0 Å². The zero-order valence-electron chi connectivity index (χ0n) is 14.9. The Balaban J connectivity index is 2.15. The van der Waals surface area contributed by atoms with Gasteiger partial charge < -0.3 is 15.4 Å². The van der Waals surface area contributed by atoms with Gasteiger partial charge in [0.1, 0.15) is 5.75 Å². The van der Waals surface area contributed by atoms with E-state index < -0.39 is 15.1 Å². The summed E-state index contributed by atoms with van der Waals surface area (Å²) in [6.45, 7) is 7.08. The van der Waals surface area contributed by atoms with E-state index in [1.165, 1.54) is 25.1 Å². The molecule has 138 valence electrons. The summed E-state index contributed by atoms with van der Waals surface area (Å²) in [5.41, 5.74) is 0.0589. The molecule has 1 aliphatic rings. The van der Waals surface area contributed by atoms with Crippen LogP contribution in [0.25, 0.3) is 0 Å². The summed E-state index contributed by atoms with van der Waals surface area (Å²) in [5.74, 6) is -0.277. The highest BCUT2D eigenvalue weighted by atomic mass is 32.2. The molecular formula is C17H24N2O5S. The van der Waals surface area contributed by atoms with Crippen LogP contribution in [0.15, 0.2) is 23.1 Å². The van der Waals surface area contributed by atoms with Gasteiger partial charge in [0, 0.05) is 18.0 Å². The number of rotatable bonds is 6. The van der Waals surface area contributed by atoms with Crippen LogP contribution in [0.2, 0.25) is 0 Å². The first-order valence-corrected chi connectivity index (χ1v) is 9.71. The van der Waals surface area contributed by atoms with Crippen molar-refractivity contribution < 1.29 is 22.7 Å². The van der Waals surface area contributed by atoms with Crippen molar-refractivity contribution in [1.29, 1.82) is 0 Å². The molecule has 1 atom stereocenters. The van der Waals surface area contributed by atoms with Gasteiger partial charge in [-0.25, -0.2) is 8.42 Å². The zero-order valence-corrected chi connectivity index (χ0v) is 15.7. The lowest BCUT2D eigenvalue weighted by Gasteiger charge is -2.25. The average molecular weight is 368 g/mol. The van der Waals surface area contributed by atoms with Crippen LogP contribution >= 0.6 is 0 Å². The first kappa shape index (κ1) is 19.2. The molecule has 8 heteroatoms. The highest BCUT2D eigenvalue weighted by Crippen LogP contribution is 2.31. The van der Waals surface area contributed by atoms with E-state index >= 15 is 0 Å². The van der Waals surface area contributed by atoms with Crippen LogP contribution in [0.5, 0.6) is 5.75 Å².